The Labute approximate surface area is 123 Å². The third kappa shape index (κ3) is 4.81. The fourth-order valence-corrected chi connectivity index (χ4v) is 2.69. The molecule has 0 spiro atoms. The number of likely N-dealkylation sites (tertiary alicyclic amines) is 1. The topological polar surface area (TPSA) is 18.5 Å². The number of piperidine rings is 1. The predicted molar refractivity (Wildman–Crippen MR) is 79.9 cm³/mol. The van der Waals surface area contributed by atoms with Gasteiger partial charge in [-0.1, -0.05) is 12.1 Å². The van der Waals surface area contributed by atoms with E-state index in [1.807, 2.05) is 43.3 Å². The van der Waals surface area contributed by atoms with E-state index in [0.717, 1.165) is 24.2 Å². The normalized spacial score (nSPS) is 17.8. The van der Waals surface area contributed by atoms with Crippen LogP contribution in [0.5, 0.6) is 0 Å². The molecule has 0 unspecified atom stereocenters. The fraction of sp³-hybridized carbons (Fsp3) is 0.600. The van der Waals surface area contributed by atoms with E-state index < -0.39 is 12.7 Å². The van der Waals surface area contributed by atoms with E-state index in [1.54, 1.807) is 0 Å². The molecule has 1 aromatic rings. The summed E-state index contributed by atoms with van der Waals surface area (Å²) in [5.74, 6) is 0. The molecule has 0 atom stereocenters. The SMILES string of the molecule is CN(C)c1ccccc1NC1CCN(CC(F)(F)F)CC1. The molecule has 0 bridgehead atoms. The van der Waals surface area contributed by atoms with E-state index in [9.17, 15) is 13.2 Å². The van der Waals surface area contributed by atoms with Gasteiger partial charge in [0.05, 0.1) is 17.9 Å². The Kier molecular flexibility index (Phi) is 4.98. The highest BCUT2D eigenvalue weighted by Crippen LogP contribution is 2.27. The number of nitrogens with zero attached hydrogens (tertiary/aromatic N) is 2. The maximum Gasteiger partial charge on any atom is 0.401 e. The summed E-state index contributed by atoms with van der Waals surface area (Å²) in [5.41, 5.74) is 2.13. The first-order valence-corrected chi connectivity index (χ1v) is 7.17. The maximum atomic E-state index is 12.4. The van der Waals surface area contributed by atoms with Crippen LogP contribution in [0.25, 0.3) is 0 Å². The van der Waals surface area contributed by atoms with Gasteiger partial charge in [0.2, 0.25) is 0 Å². The fourth-order valence-electron chi connectivity index (χ4n) is 2.69. The van der Waals surface area contributed by atoms with Gasteiger partial charge < -0.3 is 10.2 Å². The minimum Gasteiger partial charge on any atom is -0.381 e. The van der Waals surface area contributed by atoms with Gasteiger partial charge in [-0.3, -0.25) is 4.90 Å². The zero-order valence-electron chi connectivity index (χ0n) is 12.5. The Morgan fingerprint density at radius 3 is 2.38 bits per heavy atom. The van der Waals surface area contributed by atoms with Gasteiger partial charge in [0.1, 0.15) is 0 Å². The van der Waals surface area contributed by atoms with Crippen molar-refractivity contribution in [3.8, 4) is 0 Å². The Balaban J connectivity index is 1.89. The van der Waals surface area contributed by atoms with Crippen LogP contribution in [0, 0.1) is 0 Å². The van der Waals surface area contributed by atoms with Gasteiger partial charge in [-0.2, -0.15) is 13.2 Å². The molecule has 118 valence electrons. The second kappa shape index (κ2) is 6.56. The molecule has 1 aromatic carbocycles. The molecule has 0 aliphatic carbocycles. The van der Waals surface area contributed by atoms with Crippen LogP contribution in [0.15, 0.2) is 24.3 Å². The van der Waals surface area contributed by atoms with Crippen LogP contribution in [0.2, 0.25) is 0 Å². The summed E-state index contributed by atoms with van der Waals surface area (Å²) in [7, 11) is 3.96. The number of rotatable bonds is 4. The van der Waals surface area contributed by atoms with Crippen LogP contribution in [0.3, 0.4) is 0 Å². The minimum absolute atomic E-state index is 0.232. The molecule has 0 saturated carbocycles. The molecule has 0 aromatic heterocycles. The Morgan fingerprint density at radius 1 is 1.19 bits per heavy atom. The third-order valence-corrected chi connectivity index (χ3v) is 3.74. The van der Waals surface area contributed by atoms with E-state index in [1.165, 1.54) is 4.90 Å². The first kappa shape index (κ1) is 15.9. The monoisotopic (exact) mass is 301 g/mol. The molecular weight excluding hydrogens is 279 g/mol. The van der Waals surface area contributed by atoms with Gasteiger partial charge in [0.25, 0.3) is 0 Å². The van der Waals surface area contributed by atoms with Gasteiger partial charge in [0, 0.05) is 33.2 Å². The van der Waals surface area contributed by atoms with Crippen LogP contribution in [0.1, 0.15) is 12.8 Å². The summed E-state index contributed by atoms with van der Waals surface area (Å²) >= 11 is 0. The number of alkyl halides is 3. The molecule has 1 aliphatic rings. The van der Waals surface area contributed by atoms with Gasteiger partial charge in [-0.05, 0) is 25.0 Å². The summed E-state index contributed by atoms with van der Waals surface area (Å²) < 4.78 is 37.1. The molecule has 1 aliphatic heterocycles. The number of hydrogen-bond acceptors (Lipinski definition) is 3. The van der Waals surface area contributed by atoms with Crippen molar-refractivity contribution in [3.05, 3.63) is 24.3 Å². The molecule has 21 heavy (non-hydrogen) atoms. The van der Waals surface area contributed by atoms with Gasteiger partial charge in [-0.15, -0.1) is 0 Å². The van der Waals surface area contributed by atoms with E-state index >= 15 is 0 Å². The molecule has 1 fully saturated rings. The summed E-state index contributed by atoms with van der Waals surface area (Å²) in [4.78, 5) is 3.51. The van der Waals surface area contributed by atoms with Crippen molar-refractivity contribution in [1.82, 2.24) is 4.90 Å². The molecular formula is C15H22F3N3. The largest absolute Gasteiger partial charge is 0.401 e. The lowest BCUT2D eigenvalue weighted by molar-refractivity contribution is -0.147. The van der Waals surface area contributed by atoms with Crippen molar-refractivity contribution >= 4 is 11.4 Å². The third-order valence-electron chi connectivity index (χ3n) is 3.74. The number of para-hydroxylation sites is 2. The Morgan fingerprint density at radius 2 is 1.81 bits per heavy atom. The zero-order valence-corrected chi connectivity index (χ0v) is 12.5. The smallest absolute Gasteiger partial charge is 0.381 e. The van der Waals surface area contributed by atoms with Gasteiger partial charge in [-0.25, -0.2) is 0 Å². The van der Waals surface area contributed by atoms with Gasteiger partial charge >= 0.3 is 6.18 Å². The van der Waals surface area contributed by atoms with Crippen LogP contribution in [-0.2, 0) is 0 Å². The number of anilines is 2. The highest BCUT2D eigenvalue weighted by atomic mass is 19.4. The highest BCUT2D eigenvalue weighted by molar-refractivity contribution is 5.69. The summed E-state index contributed by atoms with van der Waals surface area (Å²) in [6.07, 6.45) is -2.63. The van der Waals surface area contributed by atoms with Crippen molar-refractivity contribution in [2.24, 2.45) is 0 Å². The second-order valence-electron chi connectivity index (χ2n) is 5.72. The zero-order chi connectivity index (χ0) is 15.5. The van der Waals surface area contributed by atoms with Crippen molar-refractivity contribution in [1.29, 1.82) is 0 Å². The maximum absolute atomic E-state index is 12.4. The standard InChI is InChI=1S/C15H22F3N3/c1-20(2)14-6-4-3-5-13(14)19-12-7-9-21(10-8-12)11-15(16,17)18/h3-6,12,19H,7-11H2,1-2H3. The minimum atomic E-state index is -4.10. The summed E-state index contributed by atoms with van der Waals surface area (Å²) in [6, 6.07) is 8.22. The summed E-state index contributed by atoms with van der Waals surface area (Å²) in [5, 5.41) is 3.46. The number of hydrogen-bond donors (Lipinski definition) is 1. The molecule has 0 amide bonds. The first-order chi connectivity index (χ1) is 9.85. The van der Waals surface area contributed by atoms with E-state index in [-0.39, 0.29) is 6.04 Å². The van der Waals surface area contributed by atoms with E-state index in [0.29, 0.717) is 13.1 Å². The molecule has 3 nitrogen and oxygen atoms in total. The first-order valence-electron chi connectivity index (χ1n) is 7.17. The lowest BCUT2D eigenvalue weighted by atomic mass is 10.0. The van der Waals surface area contributed by atoms with Crippen molar-refractivity contribution in [2.45, 2.75) is 25.1 Å². The van der Waals surface area contributed by atoms with Crippen molar-refractivity contribution in [2.75, 3.05) is 43.9 Å². The van der Waals surface area contributed by atoms with Crippen LogP contribution in [-0.4, -0.2) is 50.8 Å². The van der Waals surface area contributed by atoms with Crippen LogP contribution in [0.4, 0.5) is 24.5 Å². The summed E-state index contributed by atoms with van der Waals surface area (Å²) in [6.45, 7) is 0.177. The second-order valence-corrected chi connectivity index (χ2v) is 5.72. The predicted octanol–water partition coefficient (Wildman–Crippen LogP) is 3.19. The van der Waals surface area contributed by atoms with Crippen molar-refractivity contribution < 1.29 is 13.2 Å². The molecule has 6 heteroatoms. The average Bonchev–Trinajstić information content (AvgIpc) is 2.40. The highest BCUT2D eigenvalue weighted by Gasteiger charge is 2.32. The average molecular weight is 301 g/mol. The number of halogens is 3. The van der Waals surface area contributed by atoms with E-state index in [2.05, 4.69) is 5.32 Å². The lowest BCUT2D eigenvalue weighted by Crippen LogP contribution is -2.43. The molecule has 0 radical (unpaired) electrons. The Bertz CT molecular complexity index is 452. The molecule has 1 N–H and O–H groups in total. The van der Waals surface area contributed by atoms with Crippen LogP contribution >= 0.6 is 0 Å². The number of benzene rings is 1. The lowest BCUT2D eigenvalue weighted by Gasteiger charge is -2.33. The quantitative estimate of drug-likeness (QED) is 0.921. The van der Waals surface area contributed by atoms with Crippen molar-refractivity contribution in [3.63, 3.8) is 0 Å². The number of nitrogens with one attached hydrogen (secondary N) is 1. The van der Waals surface area contributed by atoms with Gasteiger partial charge in [0.15, 0.2) is 0 Å². The molecule has 1 heterocycles. The Hall–Kier alpha value is -1.43. The molecule has 1 saturated heterocycles. The van der Waals surface area contributed by atoms with Crippen LogP contribution < -0.4 is 10.2 Å². The molecule has 2 rings (SSSR count). The van der Waals surface area contributed by atoms with E-state index in [4.69, 9.17) is 0 Å².